The van der Waals surface area contributed by atoms with Gasteiger partial charge in [-0.1, -0.05) is 27.9 Å². The molecule has 2 aromatic carbocycles. The Labute approximate surface area is 226 Å². The van der Waals surface area contributed by atoms with Gasteiger partial charge in [0, 0.05) is 9.86 Å². The Morgan fingerprint density at radius 3 is 2.39 bits per heavy atom. The van der Waals surface area contributed by atoms with Crippen LogP contribution >= 0.6 is 15.9 Å². The third-order valence-electron chi connectivity index (χ3n) is 5.19. The number of ether oxygens (including phenoxy) is 3. The second-order valence-electron chi connectivity index (χ2n) is 9.15. The molecule has 0 N–H and O–H groups in total. The number of methoxy groups -OCH3 is 2. The number of carbonyl (C=O) groups is 2. The van der Waals surface area contributed by atoms with Crippen molar-refractivity contribution in [1.29, 1.82) is 0 Å². The molecule has 1 heterocycles. The molecule has 0 saturated carbocycles. The zero-order valence-electron chi connectivity index (χ0n) is 21.4. The fraction of sp³-hybridized carbons (Fsp3) is 0.333. The molecule has 11 heteroatoms. The molecule has 38 heavy (non-hydrogen) atoms. The molecule has 0 spiro atoms. The predicted molar refractivity (Wildman–Crippen MR) is 140 cm³/mol. The highest BCUT2D eigenvalue weighted by Gasteiger charge is 2.30. The van der Waals surface area contributed by atoms with Crippen LogP contribution in [-0.4, -0.2) is 49.2 Å². The summed E-state index contributed by atoms with van der Waals surface area (Å²) in [5, 5.41) is 0.574. The summed E-state index contributed by atoms with van der Waals surface area (Å²) in [4.78, 5) is 26.2. The summed E-state index contributed by atoms with van der Waals surface area (Å²) in [6, 6.07) is 10.8. The molecule has 0 radical (unpaired) electrons. The van der Waals surface area contributed by atoms with Crippen LogP contribution in [0.1, 0.15) is 36.8 Å². The van der Waals surface area contributed by atoms with Gasteiger partial charge >= 0.3 is 18.2 Å². The molecular formula is C27H26BrF3N2O5. The van der Waals surface area contributed by atoms with Gasteiger partial charge in [0.15, 0.2) is 0 Å². The van der Waals surface area contributed by atoms with Gasteiger partial charge in [-0.25, -0.2) is 9.59 Å². The smallest absolute Gasteiger partial charge is 0.415 e. The lowest BCUT2D eigenvalue weighted by Crippen LogP contribution is -2.37. The van der Waals surface area contributed by atoms with Gasteiger partial charge in [-0.3, -0.25) is 4.90 Å². The molecule has 202 valence electrons. The van der Waals surface area contributed by atoms with Crippen LogP contribution in [0.25, 0.3) is 10.9 Å². The largest absolute Gasteiger partial charge is 0.495 e. The molecule has 0 bridgehead atoms. The van der Waals surface area contributed by atoms with E-state index in [1.165, 1.54) is 37.3 Å². The van der Waals surface area contributed by atoms with Crippen LogP contribution in [0.3, 0.4) is 0 Å². The van der Waals surface area contributed by atoms with Crippen molar-refractivity contribution in [3.05, 3.63) is 58.2 Å². The van der Waals surface area contributed by atoms with E-state index in [1.54, 1.807) is 45.0 Å². The van der Waals surface area contributed by atoms with E-state index in [0.717, 1.165) is 4.57 Å². The van der Waals surface area contributed by atoms with Gasteiger partial charge in [0.25, 0.3) is 0 Å². The minimum absolute atomic E-state index is 0.126. The lowest BCUT2D eigenvalue weighted by Gasteiger charge is -2.27. The third-order valence-corrected chi connectivity index (χ3v) is 5.88. The van der Waals surface area contributed by atoms with Gasteiger partial charge in [-0.15, -0.1) is 0 Å². The quantitative estimate of drug-likeness (QED) is 0.247. The molecule has 0 aliphatic carbocycles. The number of nitrogens with zero attached hydrogens (tertiary/aromatic N) is 2. The fourth-order valence-electron chi connectivity index (χ4n) is 3.62. The van der Waals surface area contributed by atoms with Crippen molar-refractivity contribution in [2.75, 3.05) is 25.7 Å². The van der Waals surface area contributed by atoms with E-state index in [0.29, 0.717) is 15.4 Å². The number of amides is 1. The molecule has 1 aromatic heterocycles. The van der Waals surface area contributed by atoms with Crippen LogP contribution < -0.4 is 9.64 Å². The van der Waals surface area contributed by atoms with Gasteiger partial charge in [-0.2, -0.15) is 13.2 Å². The van der Waals surface area contributed by atoms with E-state index in [1.807, 2.05) is 0 Å². The van der Waals surface area contributed by atoms with E-state index in [2.05, 4.69) is 27.8 Å². The molecule has 0 saturated heterocycles. The van der Waals surface area contributed by atoms with Crippen molar-refractivity contribution in [3.63, 3.8) is 0 Å². The number of benzene rings is 2. The average Bonchev–Trinajstić information content (AvgIpc) is 3.17. The van der Waals surface area contributed by atoms with Crippen molar-refractivity contribution in [2.24, 2.45) is 0 Å². The highest BCUT2D eigenvalue weighted by Crippen LogP contribution is 2.32. The summed E-state index contributed by atoms with van der Waals surface area (Å²) >= 11 is 3.37. The summed E-state index contributed by atoms with van der Waals surface area (Å²) in [5.74, 6) is 5.15. The van der Waals surface area contributed by atoms with Gasteiger partial charge in [0.1, 0.15) is 17.9 Å². The van der Waals surface area contributed by atoms with Gasteiger partial charge in [0.05, 0.1) is 43.2 Å². The Morgan fingerprint density at radius 1 is 1.08 bits per heavy atom. The normalized spacial score (nSPS) is 11.5. The monoisotopic (exact) mass is 594 g/mol. The Morgan fingerprint density at radius 2 is 1.79 bits per heavy atom. The Hall–Kier alpha value is -3.65. The summed E-state index contributed by atoms with van der Waals surface area (Å²) < 4.78 is 57.5. The predicted octanol–water partition coefficient (Wildman–Crippen LogP) is 6.55. The zero-order chi connectivity index (χ0) is 28.3. The number of hydrogen-bond acceptors (Lipinski definition) is 5. The highest BCUT2D eigenvalue weighted by molar-refractivity contribution is 9.10. The second kappa shape index (κ2) is 11.4. The van der Waals surface area contributed by atoms with Gasteiger partial charge < -0.3 is 18.8 Å². The molecule has 1 amide bonds. The summed E-state index contributed by atoms with van der Waals surface area (Å²) in [6.07, 6.45) is -5.23. The van der Waals surface area contributed by atoms with Crippen molar-refractivity contribution in [1.82, 2.24) is 4.57 Å². The molecular weight excluding hydrogens is 569 g/mol. The van der Waals surface area contributed by atoms with Crippen LogP contribution in [-0.2, 0) is 16.0 Å². The molecule has 0 unspecified atom stereocenters. The van der Waals surface area contributed by atoms with Crippen LogP contribution in [0.15, 0.2) is 46.9 Å². The van der Waals surface area contributed by atoms with Crippen molar-refractivity contribution >= 4 is 44.6 Å². The molecule has 0 aliphatic heterocycles. The number of hydrogen-bond donors (Lipinski definition) is 0. The first-order chi connectivity index (χ1) is 17.7. The van der Waals surface area contributed by atoms with Crippen LogP contribution in [0.2, 0.25) is 0 Å². The number of alkyl halides is 3. The van der Waals surface area contributed by atoms with Crippen molar-refractivity contribution < 1.29 is 37.0 Å². The Bertz CT molecular complexity index is 1410. The maximum atomic E-state index is 13.4. The zero-order valence-corrected chi connectivity index (χ0v) is 23.0. The third kappa shape index (κ3) is 7.01. The molecule has 0 aliphatic rings. The number of rotatable bonds is 5. The number of aromatic nitrogens is 1. The summed E-state index contributed by atoms with van der Waals surface area (Å²) in [7, 11) is 2.61. The average molecular weight is 595 g/mol. The molecule has 0 fully saturated rings. The first-order valence-electron chi connectivity index (χ1n) is 11.3. The molecule has 0 atom stereocenters. The minimum Gasteiger partial charge on any atom is -0.495 e. The summed E-state index contributed by atoms with van der Waals surface area (Å²) in [5.41, 5.74) is 0.104. The molecule has 7 nitrogen and oxygen atoms in total. The summed E-state index contributed by atoms with van der Waals surface area (Å²) in [6.45, 7) is 3.62. The number of esters is 1. The van der Waals surface area contributed by atoms with Crippen LogP contribution in [0, 0.1) is 11.8 Å². The van der Waals surface area contributed by atoms with Crippen LogP contribution in [0.5, 0.6) is 5.75 Å². The number of carbonyl (C=O) groups excluding carboxylic acids is 2. The van der Waals surface area contributed by atoms with Gasteiger partial charge in [0.2, 0.25) is 0 Å². The van der Waals surface area contributed by atoms with Crippen molar-refractivity contribution in [3.8, 4) is 17.6 Å². The Balaban J connectivity index is 2.06. The molecule has 3 aromatic rings. The van der Waals surface area contributed by atoms with E-state index < -0.39 is 30.4 Å². The SMILES string of the molecule is COC(=O)c1ccc(N(CC#Cc2cc3c(Br)cccc3n2CC(F)(F)F)C(=O)OC(C)(C)C)c(OC)c1. The minimum atomic E-state index is -4.47. The topological polar surface area (TPSA) is 70.0 Å². The lowest BCUT2D eigenvalue weighted by molar-refractivity contribution is -0.140. The van der Waals surface area contributed by atoms with E-state index in [9.17, 15) is 22.8 Å². The standard InChI is InChI=1S/C27H26BrF3N2O5/c1-26(2,3)38-25(35)32(22-12-11-17(24(34)37-5)14-23(22)36-4)13-7-8-18-15-19-20(28)9-6-10-21(19)33(18)16-27(29,30)31/h6,9-12,14-15H,13,16H2,1-5H3. The maximum Gasteiger partial charge on any atom is 0.415 e. The first-order valence-corrected chi connectivity index (χ1v) is 12.1. The fourth-order valence-corrected chi connectivity index (χ4v) is 4.09. The first kappa shape index (κ1) is 28.9. The van der Waals surface area contributed by atoms with Crippen molar-refractivity contribution in [2.45, 2.75) is 39.1 Å². The second-order valence-corrected chi connectivity index (χ2v) is 10.0. The lowest BCUT2D eigenvalue weighted by atomic mass is 10.1. The highest BCUT2D eigenvalue weighted by atomic mass is 79.9. The maximum absolute atomic E-state index is 13.4. The Kier molecular flexibility index (Phi) is 8.67. The number of anilines is 1. The molecule has 3 rings (SSSR count). The van der Waals surface area contributed by atoms with E-state index in [-0.39, 0.29) is 29.2 Å². The number of fused-ring (bicyclic) bond motifs is 1. The van der Waals surface area contributed by atoms with Gasteiger partial charge in [-0.05, 0) is 63.1 Å². The van der Waals surface area contributed by atoms with Crippen LogP contribution in [0.4, 0.5) is 23.7 Å². The van der Waals surface area contributed by atoms with E-state index >= 15 is 0 Å². The van der Waals surface area contributed by atoms with E-state index in [4.69, 9.17) is 14.2 Å². The number of halogens is 4.